The monoisotopic (exact) mass is 250 g/mol. The van der Waals surface area contributed by atoms with Gasteiger partial charge in [0.15, 0.2) is 5.82 Å². The third kappa shape index (κ3) is 2.37. The first-order valence-corrected chi connectivity index (χ1v) is 6.06. The summed E-state index contributed by atoms with van der Waals surface area (Å²) in [6.45, 7) is 4.99. The van der Waals surface area contributed by atoms with E-state index in [0.29, 0.717) is 18.9 Å². The lowest BCUT2D eigenvalue weighted by Crippen LogP contribution is -2.56. The lowest BCUT2D eigenvalue weighted by Gasteiger charge is -2.38. The van der Waals surface area contributed by atoms with Gasteiger partial charge in [0.2, 0.25) is 5.91 Å². The van der Waals surface area contributed by atoms with Gasteiger partial charge in [0, 0.05) is 38.6 Å². The molecule has 0 unspecified atom stereocenters. The first-order valence-electron chi connectivity index (χ1n) is 6.06. The van der Waals surface area contributed by atoms with Crippen molar-refractivity contribution in [1.82, 2.24) is 14.9 Å². The van der Waals surface area contributed by atoms with Gasteiger partial charge in [-0.25, -0.2) is 4.98 Å². The zero-order chi connectivity index (χ0) is 13.3. The van der Waals surface area contributed by atoms with Crippen LogP contribution in [0.15, 0.2) is 17.2 Å². The van der Waals surface area contributed by atoms with Crippen LogP contribution in [0.25, 0.3) is 0 Å². The van der Waals surface area contributed by atoms with Gasteiger partial charge in [0.05, 0.1) is 5.92 Å². The van der Waals surface area contributed by atoms with Crippen LogP contribution in [0.5, 0.6) is 0 Å². The molecule has 98 valence electrons. The van der Waals surface area contributed by atoms with Crippen LogP contribution in [-0.2, 0) is 11.8 Å². The van der Waals surface area contributed by atoms with Gasteiger partial charge in [0.25, 0.3) is 5.56 Å². The van der Waals surface area contributed by atoms with Crippen LogP contribution in [0.4, 0.5) is 5.82 Å². The maximum Gasteiger partial charge on any atom is 0.293 e. The average Bonchev–Trinajstić information content (AvgIpc) is 2.21. The number of nitrogens with one attached hydrogen (secondary N) is 1. The van der Waals surface area contributed by atoms with Gasteiger partial charge in [-0.1, -0.05) is 0 Å². The molecular weight excluding hydrogens is 232 g/mol. The van der Waals surface area contributed by atoms with Crippen molar-refractivity contribution in [3.8, 4) is 0 Å². The number of carbonyl (C=O) groups excluding carboxylic acids is 1. The Labute approximate surface area is 106 Å². The molecule has 0 bridgehead atoms. The number of carbonyl (C=O) groups is 1. The van der Waals surface area contributed by atoms with Crippen LogP contribution in [0.1, 0.15) is 13.8 Å². The summed E-state index contributed by atoms with van der Waals surface area (Å²) < 4.78 is 1.49. The fourth-order valence-electron chi connectivity index (χ4n) is 1.92. The molecule has 1 amide bonds. The van der Waals surface area contributed by atoms with E-state index in [-0.39, 0.29) is 23.4 Å². The Kier molecular flexibility index (Phi) is 3.36. The van der Waals surface area contributed by atoms with E-state index >= 15 is 0 Å². The van der Waals surface area contributed by atoms with Crippen molar-refractivity contribution in [1.29, 1.82) is 0 Å². The molecule has 2 heterocycles. The van der Waals surface area contributed by atoms with Gasteiger partial charge >= 0.3 is 0 Å². The van der Waals surface area contributed by atoms with Gasteiger partial charge in [-0.2, -0.15) is 0 Å². The lowest BCUT2D eigenvalue weighted by molar-refractivity contribution is -0.126. The van der Waals surface area contributed by atoms with Crippen molar-refractivity contribution in [2.24, 2.45) is 13.0 Å². The Bertz CT molecular complexity index is 503. The smallest absolute Gasteiger partial charge is 0.293 e. The van der Waals surface area contributed by atoms with E-state index in [4.69, 9.17) is 0 Å². The van der Waals surface area contributed by atoms with E-state index in [1.54, 1.807) is 19.4 Å². The van der Waals surface area contributed by atoms with Gasteiger partial charge < -0.3 is 14.8 Å². The fraction of sp³-hybridized carbons (Fsp3) is 0.583. The van der Waals surface area contributed by atoms with Crippen molar-refractivity contribution >= 4 is 11.7 Å². The lowest BCUT2D eigenvalue weighted by atomic mass is 9.99. The Morgan fingerprint density at radius 2 is 2.17 bits per heavy atom. The molecule has 1 aliphatic heterocycles. The predicted molar refractivity (Wildman–Crippen MR) is 68.5 cm³/mol. The molecule has 1 aromatic heterocycles. The Balaban J connectivity index is 1.99. The summed E-state index contributed by atoms with van der Waals surface area (Å²) in [5.74, 6) is 0.432. The maximum atomic E-state index is 11.8. The second-order valence-electron chi connectivity index (χ2n) is 4.93. The topological polar surface area (TPSA) is 67.2 Å². The highest BCUT2D eigenvalue weighted by Gasteiger charge is 2.34. The summed E-state index contributed by atoms with van der Waals surface area (Å²) in [6.07, 6.45) is 3.22. The molecule has 0 atom stereocenters. The van der Waals surface area contributed by atoms with E-state index in [2.05, 4.69) is 10.3 Å². The number of anilines is 1. The summed E-state index contributed by atoms with van der Waals surface area (Å²) in [5, 5.41) is 2.87. The molecule has 1 aliphatic rings. The van der Waals surface area contributed by atoms with Crippen molar-refractivity contribution in [2.75, 3.05) is 18.0 Å². The fourth-order valence-corrected chi connectivity index (χ4v) is 1.92. The quantitative estimate of drug-likeness (QED) is 0.802. The van der Waals surface area contributed by atoms with Gasteiger partial charge in [-0.05, 0) is 13.8 Å². The molecular formula is C12H18N4O2. The van der Waals surface area contributed by atoms with Crippen molar-refractivity contribution in [2.45, 2.75) is 19.9 Å². The van der Waals surface area contributed by atoms with Crippen LogP contribution < -0.4 is 15.8 Å². The highest BCUT2D eigenvalue weighted by Crippen LogP contribution is 2.19. The number of nitrogens with zero attached hydrogens (tertiary/aromatic N) is 3. The van der Waals surface area contributed by atoms with Crippen molar-refractivity contribution in [3.63, 3.8) is 0 Å². The number of hydrogen-bond donors (Lipinski definition) is 1. The highest BCUT2D eigenvalue weighted by atomic mass is 16.2. The minimum Gasteiger partial charge on any atom is -0.354 e. The van der Waals surface area contributed by atoms with Crippen molar-refractivity contribution < 1.29 is 4.79 Å². The van der Waals surface area contributed by atoms with Gasteiger partial charge in [-0.3, -0.25) is 9.59 Å². The molecule has 0 spiro atoms. The molecule has 0 radical (unpaired) electrons. The first kappa shape index (κ1) is 12.6. The zero-order valence-electron chi connectivity index (χ0n) is 10.9. The first-order chi connectivity index (χ1) is 8.49. The standard InChI is InChI=1S/C12H18N4O2/c1-8(2)14-11(17)9-6-16(7-9)10-12(18)15(3)5-4-13-10/h4-5,8-9H,6-7H2,1-3H3,(H,14,17). The van der Waals surface area contributed by atoms with Crippen LogP contribution >= 0.6 is 0 Å². The Morgan fingerprint density at radius 3 is 2.78 bits per heavy atom. The molecule has 0 saturated carbocycles. The number of aryl methyl sites for hydroxylation is 1. The molecule has 1 fully saturated rings. The Morgan fingerprint density at radius 1 is 1.50 bits per heavy atom. The Hall–Kier alpha value is -1.85. The summed E-state index contributed by atoms with van der Waals surface area (Å²) in [5.41, 5.74) is -0.125. The van der Waals surface area contributed by atoms with E-state index in [0.717, 1.165) is 0 Å². The predicted octanol–water partition coefficient (Wildman–Crippen LogP) is -0.259. The minimum absolute atomic E-state index is 0.0425. The van der Waals surface area contributed by atoms with Gasteiger partial charge in [-0.15, -0.1) is 0 Å². The van der Waals surface area contributed by atoms with E-state index in [1.165, 1.54) is 4.57 Å². The van der Waals surface area contributed by atoms with E-state index < -0.39 is 0 Å². The second kappa shape index (κ2) is 4.80. The average molecular weight is 250 g/mol. The molecule has 18 heavy (non-hydrogen) atoms. The molecule has 0 aliphatic carbocycles. The number of amides is 1. The van der Waals surface area contributed by atoms with E-state index in [1.807, 2.05) is 18.7 Å². The second-order valence-corrected chi connectivity index (χ2v) is 4.93. The number of hydrogen-bond acceptors (Lipinski definition) is 4. The van der Waals surface area contributed by atoms with E-state index in [9.17, 15) is 9.59 Å². The summed E-state index contributed by atoms with van der Waals surface area (Å²) in [7, 11) is 1.69. The largest absolute Gasteiger partial charge is 0.354 e. The molecule has 6 heteroatoms. The molecule has 2 rings (SSSR count). The van der Waals surface area contributed by atoms with Crippen LogP contribution in [-0.4, -0.2) is 34.6 Å². The van der Waals surface area contributed by atoms with Crippen LogP contribution in [0.2, 0.25) is 0 Å². The van der Waals surface area contributed by atoms with Crippen molar-refractivity contribution in [3.05, 3.63) is 22.7 Å². The molecule has 6 nitrogen and oxygen atoms in total. The third-order valence-electron chi connectivity index (χ3n) is 2.98. The molecule has 1 saturated heterocycles. The molecule has 1 aromatic rings. The third-order valence-corrected chi connectivity index (χ3v) is 2.98. The van der Waals surface area contributed by atoms with Gasteiger partial charge in [0.1, 0.15) is 0 Å². The summed E-state index contributed by atoms with van der Waals surface area (Å²) in [6, 6.07) is 0.147. The maximum absolute atomic E-state index is 11.8. The normalized spacial score (nSPS) is 15.7. The molecule has 0 aromatic carbocycles. The minimum atomic E-state index is -0.125. The summed E-state index contributed by atoms with van der Waals surface area (Å²) in [4.78, 5) is 29.5. The van der Waals surface area contributed by atoms with Crippen LogP contribution in [0, 0.1) is 5.92 Å². The zero-order valence-corrected chi connectivity index (χ0v) is 10.9. The number of aromatic nitrogens is 2. The number of rotatable bonds is 3. The summed E-state index contributed by atoms with van der Waals surface area (Å²) >= 11 is 0. The van der Waals surface area contributed by atoms with Crippen LogP contribution in [0.3, 0.4) is 0 Å². The highest BCUT2D eigenvalue weighted by molar-refractivity contribution is 5.81. The SMILES string of the molecule is CC(C)NC(=O)C1CN(c2nccn(C)c2=O)C1. The molecule has 1 N–H and O–H groups in total.